The number of hydrogen-bond acceptors (Lipinski definition) is 4. The van der Waals surface area contributed by atoms with Gasteiger partial charge in [-0.3, -0.25) is 14.0 Å². The molecular formula is C23H19ClN4O3. The first-order valence-electron chi connectivity index (χ1n) is 9.80. The fourth-order valence-corrected chi connectivity index (χ4v) is 4.26. The monoisotopic (exact) mass is 434 g/mol. The van der Waals surface area contributed by atoms with Gasteiger partial charge in [-0.15, -0.1) is 0 Å². The zero-order chi connectivity index (χ0) is 21.9. The molecule has 31 heavy (non-hydrogen) atoms. The van der Waals surface area contributed by atoms with E-state index in [1.165, 1.54) is 4.40 Å². The van der Waals surface area contributed by atoms with Crippen LogP contribution in [-0.4, -0.2) is 18.5 Å². The molecule has 0 aliphatic carbocycles. The Balaban J connectivity index is 1.70. The molecule has 0 saturated carbocycles. The lowest BCUT2D eigenvalue weighted by atomic mass is 10.1. The Morgan fingerprint density at radius 3 is 2.61 bits per heavy atom. The van der Waals surface area contributed by atoms with Gasteiger partial charge in [-0.2, -0.15) is 0 Å². The fourth-order valence-electron chi connectivity index (χ4n) is 4.09. The van der Waals surface area contributed by atoms with Crippen LogP contribution in [0.3, 0.4) is 0 Å². The standard InChI is InChI=1S/C23H19ClN4O3/c1-13-9-26(12-25-13)19-5-6-20-23(30)28(14(2)10-27(20)22(19)29)15(3)18-11-31-21-7-4-16(24)8-17(18)21/h4-12,15H,1-3H3. The van der Waals surface area contributed by atoms with Gasteiger partial charge >= 0.3 is 0 Å². The van der Waals surface area contributed by atoms with E-state index in [1.54, 1.807) is 52.3 Å². The molecule has 5 aromatic rings. The summed E-state index contributed by atoms with van der Waals surface area (Å²) in [4.78, 5) is 30.7. The van der Waals surface area contributed by atoms with Gasteiger partial charge in [0.2, 0.25) is 0 Å². The highest BCUT2D eigenvalue weighted by Crippen LogP contribution is 2.30. The molecule has 156 valence electrons. The van der Waals surface area contributed by atoms with Crippen molar-refractivity contribution in [3.8, 4) is 5.69 Å². The molecule has 0 bridgehead atoms. The van der Waals surface area contributed by atoms with Gasteiger partial charge in [-0.1, -0.05) is 11.6 Å². The fraction of sp³-hybridized carbons (Fsp3) is 0.174. The van der Waals surface area contributed by atoms with E-state index in [1.807, 2.05) is 32.9 Å². The average Bonchev–Trinajstić information content (AvgIpc) is 3.34. The third-order valence-electron chi connectivity index (χ3n) is 5.62. The maximum atomic E-state index is 13.4. The van der Waals surface area contributed by atoms with Crippen LogP contribution in [0, 0.1) is 13.8 Å². The molecule has 0 aliphatic rings. The highest BCUT2D eigenvalue weighted by molar-refractivity contribution is 6.31. The van der Waals surface area contributed by atoms with E-state index >= 15 is 0 Å². The van der Waals surface area contributed by atoms with Gasteiger partial charge in [0.25, 0.3) is 11.1 Å². The molecule has 0 aliphatic heterocycles. The normalized spacial score (nSPS) is 12.6. The maximum absolute atomic E-state index is 13.4. The smallest absolute Gasteiger partial charge is 0.279 e. The van der Waals surface area contributed by atoms with Gasteiger partial charge in [0, 0.05) is 34.1 Å². The molecule has 5 rings (SSSR count). The number of nitrogens with zero attached hydrogens (tertiary/aromatic N) is 4. The lowest BCUT2D eigenvalue weighted by Crippen LogP contribution is -2.31. The first-order valence-corrected chi connectivity index (χ1v) is 10.2. The van der Waals surface area contributed by atoms with E-state index in [4.69, 9.17) is 16.0 Å². The van der Waals surface area contributed by atoms with Crippen molar-refractivity contribution in [2.75, 3.05) is 0 Å². The van der Waals surface area contributed by atoms with Crippen LogP contribution >= 0.6 is 11.6 Å². The molecule has 0 spiro atoms. The van der Waals surface area contributed by atoms with Crippen molar-refractivity contribution in [1.82, 2.24) is 18.5 Å². The Morgan fingerprint density at radius 1 is 1.06 bits per heavy atom. The molecule has 4 heterocycles. The van der Waals surface area contributed by atoms with Crippen LogP contribution in [0.25, 0.3) is 22.2 Å². The summed E-state index contributed by atoms with van der Waals surface area (Å²) in [5.74, 6) is 0. The quantitative estimate of drug-likeness (QED) is 0.425. The van der Waals surface area contributed by atoms with E-state index in [0.717, 1.165) is 16.6 Å². The largest absolute Gasteiger partial charge is 0.464 e. The van der Waals surface area contributed by atoms with Gasteiger partial charge in [-0.05, 0) is 51.1 Å². The number of aryl methyl sites for hydroxylation is 2. The zero-order valence-corrected chi connectivity index (χ0v) is 17.9. The molecule has 0 amide bonds. The molecule has 1 unspecified atom stereocenters. The van der Waals surface area contributed by atoms with Crippen LogP contribution in [-0.2, 0) is 0 Å². The molecule has 8 heteroatoms. The van der Waals surface area contributed by atoms with Gasteiger partial charge < -0.3 is 13.6 Å². The molecule has 0 radical (unpaired) electrons. The lowest BCUT2D eigenvalue weighted by Gasteiger charge is -2.19. The van der Waals surface area contributed by atoms with Gasteiger partial charge in [-0.25, -0.2) is 4.98 Å². The average molecular weight is 435 g/mol. The molecular weight excluding hydrogens is 416 g/mol. The number of benzene rings is 1. The van der Waals surface area contributed by atoms with E-state index in [-0.39, 0.29) is 17.2 Å². The molecule has 1 atom stereocenters. The number of furan rings is 1. The van der Waals surface area contributed by atoms with Crippen LogP contribution in [0.4, 0.5) is 0 Å². The number of imidazole rings is 1. The summed E-state index contributed by atoms with van der Waals surface area (Å²) in [6.45, 7) is 5.59. The number of aromatic nitrogens is 4. The van der Waals surface area contributed by atoms with Crippen molar-refractivity contribution >= 4 is 28.1 Å². The summed E-state index contributed by atoms with van der Waals surface area (Å²) in [6, 6.07) is 8.41. The first kappa shape index (κ1) is 19.4. The predicted octanol–water partition coefficient (Wildman–Crippen LogP) is 4.27. The zero-order valence-electron chi connectivity index (χ0n) is 17.2. The van der Waals surface area contributed by atoms with Crippen LogP contribution in [0.1, 0.15) is 29.9 Å². The van der Waals surface area contributed by atoms with Crippen molar-refractivity contribution in [3.63, 3.8) is 0 Å². The second kappa shape index (κ2) is 6.99. The molecule has 0 N–H and O–H groups in total. The summed E-state index contributed by atoms with van der Waals surface area (Å²) in [6.07, 6.45) is 6.70. The van der Waals surface area contributed by atoms with Crippen molar-refractivity contribution in [3.05, 3.63) is 98.0 Å². The van der Waals surface area contributed by atoms with Crippen LogP contribution in [0.2, 0.25) is 5.02 Å². The van der Waals surface area contributed by atoms with Gasteiger partial charge in [0.15, 0.2) is 0 Å². The minimum atomic E-state index is -0.316. The molecule has 1 aromatic carbocycles. The number of rotatable bonds is 3. The van der Waals surface area contributed by atoms with Gasteiger partial charge in [0.05, 0.1) is 24.3 Å². The number of hydrogen-bond donors (Lipinski definition) is 0. The number of pyridine rings is 1. The Kier molecular flexibility index (Phi) is 4.37. The Morgan fingerprint density at radius 2 is 1.87 bits per heavy atom. The first-order chi connectivity index (χ1) is 14.8. The maximum Gasteiger partial charge on any atom is 0.279 e. The third-order valence-corrected chi connectivity index (χ3v) is 5.86. The Bertz CT molecular complexity index is 1590. The number of halogens is 1. The van der Waals surface area contributed by atoms with Crippen molar-refractivity contribution < 1.29 is 4.42 Å². The Labute approximate surface area is 181 Å². The van der Waals surface area contributed by atoms with E-state index in [2.05, 4.69) is 4.98 Å². The van der Waals surface area contributed by atoms with Crippen LogP contribution < -0.4 is 11.1 Å². The van der Waals surface area contributed by atoms with Crippen LogP contribution in [0.5, 0.6) is 0 Å². The van der Waals surface area contributed by atoms with Crippen molar-refractivity contribution in [2.45, 2.75) is 26.8 Å². The second-order valence-corrected chi connectivity index (χ2v) is 8.09. The summed E-state index contributed by atoms with van der Waals surface area (Å²) >= 11 is 6.17. The summed E-state index contributed by atoms with van der Waals surface area (Å²) < 4.78 is 10.4. The van der Waals surface area contributed by atoms with E-state index in [9.17, 15) is 9.59 Å². The molecule has 7 nitrogen and oxygen atoms in total. The molecule has 0 fully saturated rings. The summed E-state index contributed by atoms with van der Waals surface area (Å²) in [5.41, 5.74) is 3.20. The minimum Gasteiger partial charge on any atom is -0.464 e. The summed E-state index contributed by atoms with van der Waals surface area (Å²) in [7, 11) is 0. The number of fused-ring (bicyclic) bond motifs is 2. The summed E-state index contributed by atoms with van der Waals surface area (Å²) in [5, 5.41) is 1.45. The van der Waals surface area contributed by atoms with Gasteiger partial charge in [0.1, 0.15) is 16.8 Å². The highest BCUT2D eigenvalue weighted by Gasteiger charge is 2.20. The SMILES string of the molecule is Cc1cn(-c2ccc3c(=O)n(C(C)c4coc5ccc(Cl)cc45)c(C)cn3c2=O)cn1. The Hall–Kier alpha value is -3.58. The minimum absolute atomic E-state index is 0.255. The molecule has 4 aromatic heterocycles. The highest BCUT2D eigenvalue weighted by atomic mass is 35.5. The lowest BCUT2D eigenvalue weighted by molar-refractivity contribution is 0.566. The third kappa shape index (κ3) is 3.00. The van der Waals surface area contributed by atoms with Crippen LogP contribution in [0.15, 0.2) is 69.3 Å². The molecule has 0 saturated heterocycles. The van der Waals surface area contributed by atoms with E-state index in [0.29, 0.717) is 27.5 Å². The second-order valence-electron chi connectivity index (χ2n) is 7.65. The van der Waals surface area contributed by atoms with E-state index < -0.39 is 0 Å². The van der Waals surface area contributed by atoms with Crippen molar-refractivity contribution in [2.24, 2.45) is 0 Å². The topological polar surface area (TPSA) is 74.4 Å². The van der Waals surface area contributed by atoms with Crippen molar-refractivity contribution in [1.29, 1.82) is 0 Å². The predicted molar refractivity (Wildman–Crippen MR) is 120 cm³/mol.